The molecule has 0 aromatic rings. The Bertz CT molecular complexity index is 196. The van der Waals surface area contributed by atoms with Gasteiger partial charge >= 0.3 is 0 Å². The molecule has 0 aromatic carbocycles. The van der Waals surface area contributed by atoms with Crippen LogP contribution in [-0.2, 0) is 0 Å². The number of hydrogen-bond donors (Lipinski definition) is 1. The molecule has 3 unspecified atom stereocenters. The largest absolute Gasteiger partial charge is 0.317 e. The van der Waals surface area contributed by atoms with Gasteiger partial charge in [0.15, 0.2) is 0 Å². The maximum Gasteiger partial charge on any atom is -0.00180 e. The van der Waals surface area contributed by atoms with Gasteiger partial charge in [-0.15, -0.1) is 0 Å². The van der Waals surface area contributed by atoms with Crippen LogP contribution in [0.15, 0.2) is 0 Å². The summed E-state index contributed by atoms with van der Waals surface area (Å²) in [5.41, 5.74) is 0. The summed E-state index contributed by atoms with van der Waals surface area (Å²) in [7, 11) is 0. The van der Waals surface area contributed by atoms with E-state index < -0.39 is 0 Å². The van der Waals surface area contributed by atoms with Gasteiger partial charge in [-0.1, -0.05) is 33.6 Å². The van der Waals surface area contributed by atoms with Crippen LogP contribution in [0.4, 0.5) is 0 Å². The number of rotatable bonds is 9. The first kappa shape index (κ1) is 16.4. The van der Waals surface area contributed by atoms with E-state index in [1.54, 1.807) is 0 Å². The zero-order valence-corrected chi connectivity index (χ0v) is 13.5. The summed E-state index contributed by atoms with van der Waals surface area (Å²) in [6.07, 6.45) is 8.75. The van der Waals surface area contributed by atoms with Gasteiger partial charge in [-0.3, -0.25) is 0 Å². The molecule has 1 saturated carbocycles. The molecule has 0 aliphatic heterocycles. The molecule has 3 atom stereocenters. The third kappa shape index (κ3) is 5.97. The van der Waals surface area contributed by atoms with E-state index in [0.29, 0.717) is 0 Å². The second-order valence-electron chi connectivity index (χ2n) is 5.75. The minimum Gasteiger partial charge on any atom is -0.317 e. The van der Waals surface area contributed by atoms with E-state index in [1.165, 1.54) is 56.6 Å². The van der Waals surface area contributed by atoms with Crippen molar-refractivity contribution in [1.82, 2.24) is 5.32 Å². The summed E-state index contributed by atoms with van der Waals surface area (Å²) < 4.78 is 0. The number of nitrogens with one attached hydrogen (secondary N) is 1. The van der Waals surface area contributed by atoms with Gasteiger partial charge in [-0.05, 0) is 68.0 Å². The van der Waals surface area contributed by atoms with Crippen molar-refractivity contribution >= 4 is 11.8 Å². The average molecular weight is 272 g/mol. The van der Waals surface area contributed by atoms with Gasteiger partial charge in [0.1, 0.15) is 0 Å². The molecule has 1 N–H and O–H groups in total. The van der Waals surface area contributed by atoms with E-state index in [9.17, 15) is 0 Å². The Balaban J connectivity index is 2.33. The average Bonchev–Trinajstić information content (AvgIpc) is 2.42. The molecule has 1 aliphatic carbocycles. The number of thioether (sulfide) groups is 1. The normalized spacial score (nSPS) is 28.5. The van der Waals surface area contributed by atoms with Gasteiger partial charge in [0.05, 0.1) is 0 Å². The SMILES string of the molecule is CCNCC1CCC(CC)CC1CCCSCC. The molecule has 0 amide bonds. The van der Waals surface area contributed by atoms with Crippen molar-refractivity contribution in [3.05, 3.63) is 0 Å². The molecule has 0 heterocycles. The third-order valence-electron chi connectivity index (χ3n) is 4.55. The molecule has 1 aliphatic rings. The van der Waals surface area contributed by atoms with Crippen molar-refractivity contribution in [2.75, 3.05) is 24.6 Å². The van der Waals surface area contributed by atoms with Crippen LogP contribution in [0.3, 0.4) is 0 Å². The van der Waals surface area contributed by atoms with Crippen molar-refractivity contribution < 1.29 is 0 Å². The van der Waals surface area contributed by atoms with Gasteiger partial charge in [-0.2, -0.15) is 11.8 Å². The first-order valence-electron chi connectivity index (χ1n) is 8.10. The van der Waals surface area contributed by atoms with E-state index in [2.05, 4.69) is 37.8 Å². The lowest BCUT2D eigenvalue weighted by Crippen LogP contribution is -2.33. The second kappa shape index (κ2) is 10.1. The Morgan fingerprint density at radius 2 is 1.94 bits per heavy atom. The van der Waals surface area contributed by atoms with Gasteiger partial charge in [-0.25, -0.2) is 0 Å². The first-order chi connectivity index (χ1) is 8.81. The molecule has 1 nitrogen and oxygen atoms in total. The highest BCUT2D eigenvalue weighted by Gasteiger charge is 2.28. The Kier molecular flexibility index (Phi) is 9.22. The van der Waals surface area contributed by atoms with Crippen LogP contribution in [0.2, 0.25) is 0 Å². The van der Waals surface area contributed by atoms with E-state index in [1.807, 2.05) is 0 Å². The van der Waals surface area contributed by atoms with Crippen molar-refractivity contribution in [3.63, 3.8) is 0 Å². The van der Waals surface area contributed by atoms with Gasteiger partial charge < -0.3 is 5.32 Å². The van der Waals surface area contributed by atoms with Gasteiger partial charge in [0, 0.05) is 0 Å². The summed E-state index contributed by atoms with van der Waals surface area (Å²) in [4.78, 5) is 0. The fraction of sp³-hybridized carbons (Fsp3) is 1.00. The smallest absolute Gasteiger partial charge is 0.00180 e. The topological polar surface area (TPSA) is 12.0 Å². The molecule has 0 bridgehead atoms. The van der Waals surface area contributed by atoms with Gasteiger partial charge in [0.25, 0.3) is 0 Å². The maximum atomic E-state index is 3.58. The van der Waals surface area contributed by atoms with Gasteiger partial charge in [0.2, 0.25) is 0 Å². The lowest BCUT2D eigenvalue weighted by molar-refractivity contribution is 0.163. The van der Waals surface area contributed by atoms with Crippen LogP contribution in [0.5, 0.6) is 0 Å². The predicted octanol–water partition coefficient (Wildman–Crippen LogP) is 4.57. The highest BCUT2D eigenvalue weighted by molar-refractivity contribution is 7.99. The van der Waals surface area contributed by atoms with E-state index in [4.69, 9.17) is 0 Å². The fourth-order valence-electron chi connectivity index (χ4n) is 3.34. The molecule has 0 radical (unpaired) electrons. The molecule has 2 heteroatoms. The van der Waals surface area contributed by atoms with E-state index >= 15 is 0 Å². The Morgan fingerprint density at radius 3 is 2.61 bits per heavy atom. The Hall–Kier alpha value is 0.310. The summed E-state index contributed by atoms with van der Waals surface area (Å²) >= 11 is 2.11. The van der Waals surface area contributed by atoms with Crippen LogP contribution in [0.25, 0.3) is 0 Å². The van der Waals surface area contributed by atoms with Crippen molar-refractivity contribution in [3.8, 4) is 0 Å². The molecular weight excluding hydrogens is 238 g/mol. The minimum absolute atomic E-state index is 0.958. The monoisotopic (exact) mass is 271 g/mol. The Morgan fingerprint density at radius 1 is 1.11 bits per heavy atom. The lowest BCUT2D eigenvalue weighted by atomic mass is 9.71. The summed E-state index contributed by atoms with van der Waals surface area (Å²) in [5.74, 6) is 5.63. The van der Waals surface area contributed by atoms with Crippen LogP contribution in [-0.4, -0.2) is 24.6 Å². The van der Waals surface area contributed by atoms with E-state index in [-0.39, 0.29) is 0 Å². The minimum atomic E-state index is 0.958. The quantitative estimate of drug-likeness (QED) is 0.616. The highest BCUT2D eigenvalue weighted by atomic mass is 32.2. The van der Waals surface area contributed by atoms with Crippen molar-refractivity contribution in [2.45, 2.75) is 59.3 Å². The van der Waals surface area contributed by atoms with Crippen LogP contribution >= 0.6 is 11.8 Å². The maximum absolute atomic E-state index is 3.58. The van der Waals surface area contributed by atoms with Crippen LogP contribution < -0.4 is 5.32 Å². The standard InChI is InChI=1S/C16H33NS/c1-4-14-9-10-16(13-17-5-2)15(12-14)8-7-11-18-6-3/h14-17H,4-13H2,1-3H3. The lowest BCUT2D eigenvalue weighted by Gasteiger charge is -2.36. The number of hydrogen-bond acceptors (Lipinski definition) is 2. The molecule has 0 saturated heterocycles. The summed E-state index contributed by atoms with van der Waals surface area (Å²) in [5, 5.41) is 3.58. The first-order valence-corrected chi connectivity index (χ1v) is 9.25. The molecule has 1 rings (SSSR count). The third-order valence-corrected chi connectivity index (χ3v) is 5.54. The second-order valence-corrected chi connectivity index (χ2v) is 7.15. The summed E-state index contributed by atoms with van der Waals surface area (Å²) in [6, 6.07) is 0. The van der Waals surface area contributed by atoms with Crippen molar-refractivity contribution in [1.29, 1.82) is 0 Å². The zero-order chi connectivity index (χ0) is 13.2. The van der Waals surface area contributed by atoms with E-state index in [0.717, 1.165) is 24.3 Å². The predicted molar refractivity (Wildman–Crippen MR) is 85.4 cm³/mol. The molecule has 0 aromatic heterocycles. The Labute approximate surface area is 119 Å². The zero-order valence-electron chi connectivity index (χ0n) is 12.7. The molecular formula is C16H33NS. The molecule has 0 spiro atoms. The summed E-state index contributed by atoms with van der Waals surface area (Å²) in [6.45, 7) is 9.26. The van der Waals surface area contributed by atoms with Crippen LogP contribution in [0.1, 0.15) is 59.3 Å². The fourth-order valence-corrected chi connectivity index (χ4v) is 4.00. The highest BCUT2D eigenvalue weighted by Crippen LogP contribution is 2.37. The van der Waals surface area contributed by atoms with Crippen molar-refractivity contribution in [2.24, 2.45) is 17.8 Å². The van der Waals surface area contributed by atoms with Crippen LogP contribution in [0, 0.1) is 17.8 Å². The molecule has 108 valence electrons. The molecule has 18 heavy (non-hydrogen) atoms. The molecule has 1 fully saturated rings.